The molecule has 1 saturated heterocycles. The predicted octanol–water partition coefficient (Wildman–Crippen LogP) is 1.78. The molecule has 114 valence electrons. The molecule has 1 heterocycles. The Morgan fingerprint density at radius 3 is 2.33 bits per heavy atom. The van der Waals surface area contributed by atoms with E-state index in [0.717, 1.165) is 6.29 Å². The van der Waals surface area contributed by atoms with E-state index in [-0.39, 0.29) is 6.79 Å². The number of rotatable bonds is 5. The summed E-state index contributed by atoms with van der Waals surface area (Å²) in [5.74, 6) is 0.584. The fourth-order valence-electron chi connectivity index (χ4n) is 2.05. The molecule has 0 unspecified atom stereocenters. The van der Waals surface area contributed by atoms with E-state index in [1.54, 1.807) is 25.3 Å². The summed E-state index contributed by atoms with van der Waals surface area (Å²) in [6.45, 7) is 8.03. The quantitative estimate of drug-likeness (QED) is 0.470. The van der Waals surface area contributed by atoms with E-state index in [1.807, 2.05) is 27.7 Å². The second kappa shape index (κ2) is 5.79. The lowest BCUT2D eigenvalue weighted by molar-refractivity contribution is 0.00578. The van der Waals surface area contributed by atoms with Gasteiger partial charge in [0.2, 0.25) is 0 Å². The first-order valence-corrected chi connectivity index (χ1v) is 6.87. The van der Waals surface area contributed by atoms with E-state index in [0.29, 0.717) is 16.8 Å². The molecule has 5 nitrogen and oxygen atoms in total. The first-order chi connectivity index (χ1) is 9.80. The SMILES string of the molecule is COCOc1ccc(C=O)cc1B1OC(C)(C)C(C)(C)O1. The largest absolute Gasteiger partial charge is 0.498 e. The van der Waals surface area contributed by atoms with Crippen LogP contribution in [-0.4, -0.2) is 38.5 Å². The number of hydrogen-bond acceptors (Lipinski definition) is 5. The molecule has 0 spiro atoms. The molecule has 6 heteroatoms. The Bertz CT molecular complexity index is 511. The molecule has 21 heavy (non-hydrogen) atoms. The summed E-state index contributed by atoms with van der Waals surface area (Å²) in [4.78, 5) is 11.0. The van der Waals surface area contributed by atoms with Crippen LogP contribution >= 0.6 is 0 Å². The van der Waals surface area contributed by atoms with Crippen molar-refractivity contribution in [2.75, 3.05) is 13.9 Å². The fraction of sp³-hybridized carbons (Fsp3) is 0.533. The van der Waals surface area contributed by atoms with Gasteiger partial charge in [0, 0.05) is 18.1 Å². The van der Waals surface area contributed by atoms with Gasteiger partial charge in [0.25, 0.3) is 0 Å². The number of ether oxygens (including phenoxy) is 2. The van der Waals surface area contributed by atoms with E-state index in [1.165, 1.54) is 0 Å². The third-order valence-corrected chi connectivity index (χ3v) is 4.01. The number of carbonyl (C=O) groups is 1. The minimum atomic E-state index is -0.582. The van der Waals surface area contributed by atoms with E-state index >= 15 is 0 Å². The van der Waals surface area contributed by atoms with Crippen LogP contribution in [0.4, 0.5) is 0 Å². The molecule has 1 aliphatic rings. The van der Waals surface area contributed by atoms with Gasteiger partial charge in [-0.1, -0.05) is 0 Å². The Balaban J connectivity index is 2.35. The monoisotopic (exact) mass is 292 g/mol. The standard InChI is InChI=1S/C15H21BO5/c1-14(2)15(3,4)21-16(20-14)12-8-11(9-17)6-7-13(12)19-10-18-5/h6-9H,10H2,1-5H3. The van der Waals surface area contributed by atoms with Gasteiger partial charge < -0.3 is 18.8 Å². The molecular weight excluding hydrogens is 271 g/mol. The van der Waals surface area contributed by atoms with Crippen molar-refractivity contribution in [3.05, 3.63) is 23.8 Å². The summed E-state index contributed by atoms with van der Waals surface area (Å²) in [7, 11) is 0.968. The normalized spacial score (nSPS) is 19.6. The van der Waals surface area contributed by atoms with Gasteiger partial charge in [0.05, 0.1) is 11.2 Å². The average Bonchev–Trinajstić information content (AvgIpc) is 2.65. The molecular formula is C15H21BO5. The molecule has 1 aromatic rings. The van der Waals surface area contributed by atoms with E-state index < -0.39 is 18.3 Å². The van der Waals surface area contributed by atoms with Crippen molar-refractivity contribution >= 4 is 18.9 Å². The number of benzene rings is 1. The van der Waals surface area contributed by atoms with E-state index in [2.05, 4.69) is 0 Å². The first kappa shape index (κ1) is 16.0. The van der Waals surface area contributed by atoms with Crippen molar-refractivity contribution in [2.24, 2.45) is 0 Å². The molecule has 0 radical (unpaired) electrons. The van der Waals surface area contributed by atoms with Crippen molar-refractivity contribution < 1.29 is 23.6 Å². The Kier molecular flexibility index (Phi) is 4.42. The molecule has 1 aliphatic heterocycles. The summed E-state index contributed by atoms with van der Waals surface area (Å²) < 4.78 is 22.5. The summed E-state index contributed by atoms with van der Waals surface area (Å²) >= 11 is 0. The molecule has 0 amide bonds. The second-order valence-electron chi connectivity index (χ2n) is 6.05. The van der Waals surface area contributed by atoms with Gasteiger partial charge >= 0.3 is 7.12 Å². The smallest absolute Gasteiger partial charge is 0.468 e. The number of carbonyl (C=O) groups excluding carboxylic acids is 1. The summed E-state index contributed by atoms with van der Waals surface area (Å²) in [5.41, 5.74) is 0.334. The third-order valence-electron chi connectivity index (χ3n) is 4.01. The maximum Gasteiger partial charge on any atom is 0.498 e. The minimum absolute atomic E-state index is 0.118. The van der Waals surface area contributed by atoms with Gasteiger partial charge in [-0.3, -0.25) is 4.79 Å². The van der Waals surface area contributed by atoms with Crippen LogP contribution in [0.5, 0.6) is 5.75 Å². The van der Waals surface area contributed by atoms with Crippen LogP contribution in [0.1, 0.15) is 38.1 Å². The van der Waals surface area contributed by atoms with Crippen molar-refractivity contribution in [1.29, 1.82) is 0 Å². The maximum atomic E-state index is 11.0. The van der Waals surface area contributed by atoms with E-state index in [9.17, 15) is 4.79 Å². The highest BCUT2D eigenvalue weighted by Crippen LogP contribution is 2.37. The molecule has 0 aromatic heterocycles. The number of methoxy groups -OCH3 is 1. The Morgan fingerprint density at radius 2 is 1.81 bits per heavy atom. The first-order valence-electron chi connectivity index (χ1n) is 6.87. The number of hydrogen-bond donors (Lipinski definition) is 0. The van der Waals surface area contributed by atoms with Crippen LogP contribution < -0.4 is 10.2 Å². The lowest BCUT2D eigenvalue weighted by atomic mass is 9.77. The van der Waals surface area contributed by atoms with Crippen LogP contribution in [0.3, 0.4) is 0 Å². The zero-order valence-corrected chi connectivity index (χ0v) is 13.1. The van der Waals surface area contributed by atoms with Gasteiger partial charge in [-0.15, -0.1) is 0 Å². The molecule has 1 aromatic carbocycles. The minimum Gasteiger partial charge on any atom is -0.468 e. The third kappa shape index (κ3) is 3.12. The van der Waals surface area contributed by atoms with Crippen LogP contribution in [0.15, 0.2) is 18.2 Å². The van der Waals surface area contributed by atoms with Crippen molar-refractivity contribution in [2.45, 2.75) is 38.9 Å². The average molecular weight is 292 g/mol. The molecule has 0 aliphatic carbocycles. The zero-order chi connectivity index (χ0) is 15.7. The topological polar surface area (TPSA) is 54.0 Å². The lowest BCUT2D eigenvalue weighted by Gasteiger charge is -2.32. The molecule has 0 bridgehead atoms. The highest BCUT2D eigenvalue weighted by atomic mass is 16.7. The van der Waals surface area contributed by atoms with Crippen LogP contribution in [-0.2, 0) is 14.0 Å². The van der Waals surface area contributed by atoms with Gasteiger partial charge in [0.15, 0.2) is 6.79 Å². The Hall–Kier alpha value is -1.37. The highest BCUT2D eigenvalue weighted by Gasteiger charge is 2.52. The fourth-order valence-corrected chi connectivity index (χ4v) is 2.05. The van der Waals surface area contributed by atoms with Crippen LogP contribution in [0.2, 0.25) is 0 Å². The summed E-state index contributed by atoms with van der Waals surface area (Å²) in [6.07, 6.45) is 0.787. The van der Waals surface area contributed by atoms with Crippen molar-refractivity contribution in [1.82, 2.24) is 0 Å². The van der Waals surface area contributed by atoms with Crippen molar-refractivity contribution in [3.63, 3.8) is 0 Å². The summed E-state index contributed by atoms with van der Waals surface area (Å²) in [5, 5.41) is 0. The lowest BCUT2D eigenvalue weighted by Crippen LogP contribution is -2.41. The highest BCUT2D eigenvalue weighted by molar-refractivity contribution is 6.63. The second-order valence-corrected chi connectivity index (χ2v) is 6.05. The van der Waals surface area contributed by atoms with Crippen LogP contribution in [0.25, 0.3) is 0 Å². The molecule has 0 N–H and O–H groups in total. The predicted molar refractivity (Wildman–Crippen MR) is 80.0 cm³/mol. The maximum absolute atomic E-state index is 11.0. The zero-order valence-electron chi connectivity index (χ0n) is 13.1. The van der Waals surface area contributed by atoms with Gasteiger partial charge in [-0.2, -0.15) is 0 Å². The number of aldehydes is 1. The van der Waals surface area contributed by atoms with Crippen LogP contribution in [0, 0.1) is 0 Å². The molecule has 0 saturated carbocycles. The van der Waals surface area contributed by atoms with Crippen molar-refractivity contribution in [3.8, 4) is 5.75 Å². The molecule has 0 atom stereocenters. The summed E-state index contributed by atoms with van der Waals surface area (Å²) in [6, 6.07) is 5.13. The molecule has 1 fully saturated rings. The van der Waals surface area contributed by atoms with Gasteiger partial charge in [0.1, 0.15) is 12.0 Å². The Morgan fingerprint density at radius 1 is 1.19 bits per heavy atom. The van der Waals surface area contributed by atoms with Gasteiger partial charge in [-0.05, 0) is 45.9 Å². The Labute approximate surface area is 125 Å². The van der Waals surface area contributed by atoms with E-state index in [4.69, 9.17) is 18.8 Å². The van der Waals surface area contributed by atoms with Gasteiger partial charge in [-0.25, -0.2) is 0 Å². The molecule has 2 rings (SSSR count).